The third kappa shape index (κ3) is 1.74. The van der Waals surface area contributed by atoms with Crippen molar-refractivity contribution in [3.8, 4) is 0 Å². The minimum Gasteiger partial charge on any atom is -0.394 e. The molecule has 2 unspecified atom stereocenters. The van der Waals surface area contributed by atoms with Gasteiger partial charge < -0.3 is 20.4 Å². The summed E-state index contributed by atoms with van der Waals surface area (Å²) < 4.78 is 0. The summed E-state index contributed by atoms with van der Waals surface area (Å²) in [5, 5.41) is 34.1. The van der Waals surface area contributed by atoms with Crippen molar-refractivity contribution in [2.75, 3.05) is 13.2 Å². The summed E-state index contributed by atoms with van der Waals surface area (Å²) in [6, 6.07) is 0. The highest BCUT2D eigenvalue weighted by Gasteiger charge is 2.34. The minimum absolute atomic E-state index is 0.00606. The number of rotatable bonds is 4. The first-order valence-corrected chi connectivity index (χ1v) is 2.69. The number of aliphatic hydroxyl groups is 4. The molecule has 0 bridgehead atoms. The van der Waals surface area contributed by atoms with Crippen molar-refractivity contribution in [3.63, 3.8) is 0 Å². The molecule has 0 fully saturated rings. The first-order valence-electron chi connectivity index (χ1n) is 2.69. The predicted octanol–water partition coefficient (Wildman–Crippen LogP) is -2.74. The lowest BCUT2D eigenvalue weighted by Gasteiger charge is -2.22. The molecule has 0 aromatic heterocycles. The van der Waals surface area contributed by atoms with Gasteiger partial charge >= 0.3 is 0 Å². The molecule has 0 aliphatic carbocycles. The summed E-state index contributed by atoms with van der Waals surface area (Å²) in [6.07, 6.45) is -1.64. The summed E-state index contributed by atoms with van der Waals surface area (Å²) >= 11 is 0. The van der Waals surface area contributed by atoms with Crippen molar-refractivity contribution in [1.82, 2.24) is 0 Å². The summed E-state index contributed by atoms with van der Waals surface area (Å²) in [7, 11) is 0. The monoisotopic (exact) mass is 150 g/mol. The lowest BCUT2D eigenvalue weighted by molar-refractivity contribution is -0.148. The molecule has 4 N–H and O–H groups in total. The molecule has 0 heterocycles. The van der Waals surface area contributed by atoms with Crippen molar-refractivity contribution in [2.24, 2.45) is 0 Å². The fraction of sp³-hybridized carbons (Fsp3) is 0.800. The largest absolute Gasteiger partial charge is 0.394 e. The second kappa shape index (κ2) is 3.62. The zero-order chi connectivity index (χ0) is 8.20. The Morgan fingerprint density at radius 1 is 1.50 bits per heavy atom. The van der Waals surface area contributed by atoms with Gasteiger partial charge in [-0.3, -0.25) is 4.79 Å². The molecule has 0 radical (unpaired) electrons. The first kappa shape index (κ1) is 9.51. The number of hydrogen-bond acceptors (Lipinski definition) is 5. The molecule has 0 aromatic rings. The molecule has 0 amide bonds. The van der Waals surface area contributed by atoms with E-state index in [0.29, 0.717) is 0 Å². The normalized spacial score (nSPS) is 19.6. The lowest BCUT2D eigenvalue weighted by Crippen LogP contribution is -2.49. The SMILES string of the molecule is O=CC(O)(CO)C(O)CO. The van der Waals surface area contributed by atoms with Crippen LogP contribution in [0.25, 0.3) is 0 Å². The average molecular weight is 150 g/mol. The molecule has 60 valence electrons. The number of hydrogen-bond donors (Lipinski definition) is 4. The zero-order valence-electron chi connectivity index (χ0n) is 5.27. The molecular formula is C5H10O5. The van der Waals surface area contributed by atoms with Crippen LogP contribution in [-0.2, 0) is 4.79 Å². The van der Waals surface area contributed by atoms with Gasteiger partial charge in [0.25, 0.3) is 0 Å². The lowest BCUT2D eigenvalue weighted by atomic mass is 10.0. The van der Waals surface area contributed by atoms with Gasteiger partial charge in [0.15, 0.2) is 11.9 Å². The highest BCUT2D eigenvalue weighted by atomic mass is 16.4. The van der Waals surface area contributed by atoms with E-state index in [0.717, 1.165) is 0 Å². The molecule has 0 saturated heterocycles. The van der Waals surface area contributed by atoms with E-state index in [4.69, 9.17) is 20.4 Å². The van der Waals surface area contributed by atoms with E-state index in [2.05, 4.69) is 0 Å². The van der Waals surface area contributed by atoms with Gasteiger partial charge in [-0.15, -0.1) is 0 Å². The Morgan fingerprint density at radius 3 is 2.10 bits per heavy atom. The van der Waals surface area contributed by atoms with Gasteiger partial charge in [-0.25, -0.2) is 0 Å². The summed E-state index contributed by atoms with van der Waals surface area (Å²) in [4.78, 5) is 9.98. The molecule has 0 aliphatic rings. The fourth-order valence-electron chi connectivity index (χ4n) is 0.379. The summed E-state index contributed by atoms with van der Waals surface area (Å²) in [5.74, 6) is 0. The van der Waals surface area contributed by atoms with Crippen molar-refractivity contribution in [2.45, 2.75) is 11.7 Å². The van der Waals surface area contributed by atoms with Crippen molar-refractivity contribution in [3.05, 3.63) is 0 Å². The van der Waals surface area contributed by atoms with Gasteiger partial charge in [0, 0.05) is 0 Å². The van der Waals surface area contributed by atoms with E-state index in [9.17, 15) is 4.79 Å². The van der Waals surface area contributed by atoms with Gasteiger partial charge in [0.05, 0.1) is 13.2 Å². The summed E-state index contributed by atoms with van der Waals surface area (Å²) in [5.41, 5.74) is -2.23. The van der Waals surface area contributed by atoms with E-state index in [1.807, 2.05) is 0 Å². The van der Waals surface area contributed by atoms with Crippen molar-refractivity contribution in [1.29, 1.82) is 0 Å². The predicted molar refractivity (Wildman–Crippen MR) is 31.2 cm³/mol. The second-order valence-corrected chi connectivity index (χ2v) is 1.97. The number of carbonyl (C=O) groups is 1. The summed E-state index contributed by atoms with van der Waals surface area (Å²) in [6.45, 7) is -1.67. The zero-order valence-corrected chi connectivity index (χ0v) is 5.27. The van der Waals surface area contributed by atoms with Crippen LogP contribution in [0.4, 0.5) is 0 Å². The van der Waals surface area contributed by atoms with Gasteiger partial charge in [-0.1, -0.05) is 0 Å². The first-order chi connectivity index (χ1) is 4.60. The van der Waals surface area contributed by atoms with E-state index in [-0.39, 0.29) is 6.29 Å². The molecule has 2 atom stereocenters. The third-order valence-corrected chi connectivity index (χ3v) is 1.21. The quantitative estimate of drug-likeness (QED) is 0.326. The van der Waals surface area contributed by atoms with Crippen molar-refractivity contribution < 1.29 is 25.2 Å². The van der Waals surface area contributed by atoms with Crippen LogP contribution in [0, 0.1) is 0 Å². The van der Waals surface area contributed by atoms with Crippen LogP contribution in [0.15, 0.2) is 0 Å². The Hall–Kier alpha value is -0.490. The van der Waals surface area contributed by atoms with Crippen LogP contribution in [0.5, 0.6) is 0 Å². The molecule has 5 nitrogen and oxygen atoms in total. The highest BCUT2D eigenvalue weighted by molar-refractivity contribution is 5.63. The second-order valence-electron chi connectivity index (χ2n) is 1.97. The van der Waals surface area contributed by atoms with Crippen LogP contribution in [0.1, 0.15) is 0 Å². The minimum atomic E-state index is -2.23. The van der Waals surface area contributed by atoms with Crippen LogP contribution in [-0.4, -0.2) is 51.6 Å². The number of aldehydes is 1. The van der Waals surface area contributed by atoms with Gasteiger partial charge in [0.1, 0.15) is 6.10 Å². The van der Waals surface area contributed by atoms with Crippen LogP contribution < -0.4 is 0 Å². The Balaban J connectivity index is 4.16. The van der Waals surface area contributed by atoms with Crippen LogP contribution in [0.3, 0.4) is 0 Å². The molecule has 0 spiro atoms. The molecule has 5 heteroatoms. The van der Waals surface area contributed by atoms with Crippen LogP contribution in [0.2, 0.25) is 0 Å². The topological polar surface area (TPSA) is 98.0 Å². The maximum Gasteiger partial charge on any atom is 0.170 e. The van der Waals surface area contributed by atoms with E-state index < -0.39 is 24.9 Å². The standard InChI is InChI=1S/C5H10O5/c6-1-4(9)5(10,2-7)3-8/h2,4,6,8-10H,1,3H2. The maximum atomic E-state index is 9.98. The molecule has 0 aromatic carbocycles. The average Bonchev–Trinajstić information content (AvgIpc) is 2.01. The smallest absolute Gasteiger partial charge is 0.170 e. The van der Waals surface area contributed by atoms with Gasteiger partial charge in [-0.05, 0) is 0 Å². The Labute approximate surface area is 57.5 Å². The molecule has 0 saturated carbocycles. The Kier molecular flexibility index (Phi) is 3.45. The van der Waals surface area contributed by atoms with Gasteiger partial charge in [0.2, 0.25) is 0 Å². The highest BCUT2D eigenvalue weighted by Crippen LogP contribution is 2.05. The molecule has 0 rings (SSSR count). The van der Waals surface area contributed by atoms with Crippen LogP contribution >= 0.6 is 0 Å². The molecule has 10 heavy (non-hydrogen) atoms. The number of carbonyl (C=O) groups excluding carboxylic acids is 1. The number of aliphatic hydroxyl groups excluding tert-OH is 3. The Morgan fingerprint density at radius 2 is 2.00 bits per heavy atom. The van der Waals surface area contributed by atoms with Crippen molar-refractivity contribution >= 4 is 6.29 Å². The van der Waals surface area contributed by atoms with E-state index in [1.165, 1.54) is 0 Å². The fourth-order valence-corrected chi connectivity index (χ4v) is 0.379. The molecule has 0 aliphatic heterocycles. The Bertz CT molecular complexity index is 115. The maximum absolute atomic E-state index is 9.98. The van der Waals surface area contributed by atoms with Gasteiger partial charge in [-0.2, -0.15) is 0 Å². The third-order valence-electron chi connectivity index (χ3n) is 1.21. The molecular weight excluding hydrogens is 140 g/mol. The van der Waals surface area contributed by atoms with E-state index in [1.54, 1.807) is 0 Å². The van der Waals surface area contributed by atoms with E-state index >= 15 is 0 Å².